The number of ether oxygens (including phenoxy) is 1. The van der Waals surface area contributed by atoms with Crippen LogP contribution < -0.4 is 15.5 Å². The van der Waals surface area contributed by atoms with Gasteiger partial charge in [-0.05, 0) is 31.7 Å². The van der Waals surface area contributed by atoms with Crippen LogP contribution in [0.4, 0.5) is 5.82 Å². The van der Waals surface area contributed by atoms with Crippen molar-refractivity contribution in [3.8, 4) is 0 Å². The number of halogens is 1. The van der Waals surface area contributed by atoms with Gasteiger partial charge in [0.25, 0.3) is 0 Å². The molecule has 0 radical (unpaired) electrons. The monoisotopic (exact) mass is 505 g/mol. The molecule has 1 atom stereocenters. The molecule has 0 amide bonds. The van der Waals surface area contributed by atoms with Gasteiger partial charge in [-0.2, -0.15) is 0 Å². The molecular formula is C20H36IN5O2. The van der Waals surface area contributed by atoms with Gasteiger partial charge in [-0.25, -0.2) is 9.98 Å². The summed E-state index contributed by atoms with van der Waals surface area (Å²) < 4.78 is 5.45. The van der Waals surface area contributed by atoms with Crippen molar-refractivity contribution in [2.24, 2.45) is 10.9 Å². The van der Waals surface area contributed by atoms with E-state index in [9.17, 15) is 5.11 Å². The molecule has 1 fully saturated rings. The second-order valence-electron chi connectivity index (χ2n) is 6.83. The van der Waals surface area contributed by atoms with Gasteiger partial charge in [0.15, 0.2) is 5.96 Å². The molecule has 2 heterocycles. The van der Waals surface area contributed by atoms with E-state index in [1.54, 1.807) is 0 Å². The number of nitrogens with zero attached hydrogens (tertiary/aromatic N) is 3. The molecule has 0 spiro atoms. The molecule has 1 aromatic heterocycles. The van der Waals surface area contributed by atoms with Crippen molar-refractivity contribution in [3.05, 3.63) is 23.9 Å². The summed E-state index contributed by atoms with van der Waals surface area (Å²) in [6, 6.07) is 4.06. The number of aliphatic imine (C=N–C) groups is 1. The van der Waals surface area contributed by atoms with Crippen LogP contribution in [0, 0.1) is 5.92 Å². The zero-order valence-electron chi connectivity index (χ0n) is 17.2. The first-order valence-electron chi connectivity index (χ1n) is 10.2. The SMILES string of the molecule is CCCC(CCO)CNC(=NCc1cccnc1N1CCOCC1)NCC.I. The van der Waals surface area contributed by atoms with Crippen molar-refractivity contribution in [2.45, 2.75) is 39.7 Å². The first-order chi connectivity index (χ1) is 13.3. The fraction of sp³-hybridized carbons (Fsp3) is 0.700. The second-order valence-corrected chi connectivity index (χ2v) is 6.83. The van der Waals surface area contributed by atoms with Crippen LogP contribution in [-0.4, -0.2) is 62.0 Å². The van der Waals surface area contributed by atoms with E-state index in [0.29, 0.717) is 12.5 Å². The van der Waals surface area contributed by atoms with Crippen LogP contribution in [0.25, 0.3) is 0 Å². The van der Waals surface area contributed by atoms with Crippen molar-refractivity contribution in [3.63, 3.8) is 0 Å². The third kappa shape index (κ3) is 8.48. The molecule has 28 heavy (non-hydrogen) atoms. The van der Waals surface area contributed by atoms with Crippen molar-refractivity contribution in [1.82, 2.24) is 15.6 Å². The van der Waals surface area contributed by atoms with Gasteiger partial charge in [0.05, 0.1) is 19.8 Å². The normalized spacial score (nSPS) is 15.7. The molecule has 3 N–H and O–H groups in total. The molecule has 2 rings (SSSR count). The Balaban J connectivity index is 0.00000392. The number of nitrogens with one attached hydrogen (secondary N) is 2. The smallest absolute Gasteiger partial charge is 0.191 e. The summed E-state index contributed by atoms with van der Waals surface area (Å²) in [4.78, 5) is 11.6. The number of hydrogen-bond donors (Lipinski definition) is 3. The lowest BCUT2D eigenvalue weighted by Gasteiger charge is -2.29. The average Bonchev–Trinajstić information content (AvgIpc) is 2.71. The zero-order valence-corrected chi connectivity index (χ0v) is 19.5. The Labute approximate surface area is 186 Å². The van der Waals surface area contributed by atoms with Gasteiger partial charge in [0.2, 0.25) is 0 Å². The minimum atomic E-state index is 0. The van der Waals surface area contributed by atoms with E-state index in [1.807, 2.05) is 12.3 Å². The number of aliphatic hydroxyl groups excluding tert-OH is 1. The fourth-order valence-electron chi connectivity index (χ4n) is 3.30. The zero-order chi connectivity index (χ0) is 19.3. The third-order valence-electron chi connectivity index (χ3n) is 4.72. The summed E-state index contributed by atoms with van der Waals surface area (Å²) in [5.74, 6) is 2.28. The van der Waals surface area contributed by atoms with E-state index in [-0.39, 0.29) is 30.6 Å². The maximum atomic E-state index is 9.24. The van der Waals surface area contributed by atoms with Gasteiger partial charge in [-0.15, -0.1) is 24.0 Å². The molecule has 0 saturated carbocycles. The molecule has 0 aliphatic carbocycles. The molecule has 8 heteroatoms. The Morgan fingerprint density at radius 1 is 1.29 bits per heavy atom. The minimum Gasteiger partial charge on any atom is -0.396 e. The first kappa shape index (κ1) is 24.9. The number of anilines is 1. The maximum Gasteiger partial charge on any atom is 0.191 e. The molecule has 1 unspecified atom stereocenters. The van der Waals surface area contributed by atoms with E-state index in [2.05, 4.69) is 40.4 Å². The molecule has 1 aromatic rings. The molecule has 160 valence electrons. The predicted octanol–water partition coefficient (Wildman–Crippen LogP) is 2.39. The quantitative estimate of drug-likeness (QED) is 0.258. The molecule has 1 saturated heterocycles. The molecule has 0 aromatic carbocycles. The third-order valence-corrected chi connectivity index (χ3v) is 4.72. The van der Waals surface area contributed by atoms with E-state index < -0.39 is 0 Å². The van der Waals surface area contributed by atoms with Gasteiger partial charge in [-0.1, -0.05) is 19.4 Å². The number of pyridine rings is 1. The molecule has 7 nitrogen and oxygen atoms in total. The Kier molecular flexibility index (Phi) is 13.2. The van der Waals surface area contributed by atoms with Crippen LogP contribution in [0.3, 0.4) is 0 Å². The van der Waals surface area contributed by atoms with Crippen LogP contribution in [0.15, 0.2) is 23.3 Å². The number of aliphatic hydroxyl groups is 1. The van der Waals surface area contributed by atoms with Crippen LogP contribution in [-0.2, 0) is 11.3 Å². The summed E-state index contributed by atoms with van der Waals surface area (Å²) in [6.07, 6.45) is 4.89. The van der Waals surface area contributed by atoms with Gasteiger partial charge >= 0.3 is 0 Å². The average molecular weight is 505 g/mol. The lowest BCUT2D eigenvalue weighted by molar-refractivity contribution is 0.122. The first-order valence-corrected chi connectivity index (χ1v) is 10.2. The Morgan fingerprint density at radius 2 is 2.07 bits per heavy atom. The van der Waals surface area contributed by atoms with Crippen LogP contribution >= 0.6 is 24.0 Å². The van der Waals surface area contributed by atoms with Crippen molar-refractivity contribution >= 4 is 35.8 Å². The van der Waals surface area contributed by atoms with Crippen molar-refractivity contribution in [1.29, 1.82) is 0 Å². The summed E-state index contributed by atoms with van der Waals surface area (Å²) in [7, 11) is 0. The largest absolute Gasteiger partial charge is 0.396 e. The summed E-state index contributed by atoms with van der Waals surface area (Å²) in [5.41, 5.74) is 1.12. The highest BCUT2D eigenvalue weighted by Gasteiger charge is 2.15. The maximum absolute atomic E-state index is 9.24. The highest BCUT2D eigenvalue weighted by atomic mass is 127. The molecule has 1 aliphatic heterocycles. The second kappa shape index (κ2) is 14.8. The highest BCUT2D eigenvalue weighted by Crippen LogP contribution is 2.19. The number of hydrogen-bond acceptors (Lipinski definition) is 5. The van der Waals surface area contributed by atoms with E-state index >= 15 is 0 Å². The standard InChI is InChI=1S/C20H35N5O2.HI/c1-3-6-17(8-12-26)15-23-20(21-4-2)24-16-18-7-5-9-22-19(18)25-10-13-27-14-11-25;/h5,7,9,17,26H,3-4,6,8,10-16H2,1-2H3,(H2,21,23,24);1H. The Morgan fingerprint density at radius 3 is 2.75 bits per heavy atom. The number of guanidine groups is 1. The summed E-state index contributed by atoms with van der Waals surface area (Å²) in [6.45, 7) is 9.92. The Bertz CT molecular complexity index is 561. The van der Waals surface area contributed by atoms with Crippen molar-refractivity contribution < 1.29 is 9.84 Å². The lowest BCUT2D eigenvalue weighted by Crippen LogP contribution is -2.40. The summed E-state index contributed by atoms with van der Waals surface area (Å²) >= 11 is 0. The predicted molar refractivity (Wildman–Crippen MR) is 126 cm³/mol. The van der Waals surface area contributed by atoms with Gasteiger partial charge in [-0.3, -0.25) is 0 Å². The number of morpholine rings is 1. The highest BCUT2D eigenvalue weighted by molar-refractivity contribution is 14.0. The van der Waals surface area contributed by atoms with Gasteiger partial charge < -0.3 is 25.4 Å². The van der Waals surface area contributed by atoms with Crippen molar-refractivity contribution in [2.75, 3.05) is 50.9 Å². The van der Waals surface area contributed by atoms with E-state index in [4.69, 9.17) is 9.73 Å². The summed E-state index contributed by atoms with van der Waals surface area (Å²) in [5, 5.41) is 16.0. The number of rotatable bonds is 10. The minimum absolute atomic E-state index is 0. The molecule has 1 aliphatic rings. The van der Waals surface area contributed by atoms with E-state index in [1.165, 1.54) is 0 Å². The Hall–Kier alpha value is -1.13. The van der Waals surface area contributed by atoms with Crippen LogP contribution in [0.1, 0.15) is 38.7 Å². The van der Waals surface area contributed by atoms with Gasteiger partial charge in [0, 0.05) is 44.5 Å². The van der Waals surface area contributed by atoms with Crippen LogP contribution in [0.5, 0.6) is 0 Å². The fourth-order valence-corrected chi connectivity index (χ4v) is 3.30. The lowest BCUT2D eigenvalue weighted by atomic mass is 10.0. The number of aromatic nitrogens is 1. The molecular weight excluding hydrogens is 469 g/mol. The van der Waals surface area contributed by atoms with Gasteiger partial charge in [0.1, 0.15) is 5.82 Å². The van der Waals surface area contributed by atoms with Crippen LogP contribution in [0.2, 0.25) is 0 Å². The topological polar surface area (TPSA) is 82.0 Å². The van der Waals surface area contributed by atoms with E-state index in [0.717, 1.165) is 76.0 Å². The molecule has 0 bridgehead atoms.